The van der Waals surface area contributed by atoms with Gasteiger partial charge in [-0.2, -0.15) is 0 Å². The fraction of sp³-hybridized carbons (Fsp3) is 0.0588. The van der Waals surface area contributed by atoms with E-state index < -0.39 is 0 Å². The van der Waals surface area contributed by atoms with Crippen LogP contribution < -0.4 is 0 Å². The second-order valence-electron chi connectivity index (χ2n) is 4.59. The van der Waals surface area contributed by atoms with Crippen LogP contribution in [-0.4, -0.2) is 9.97 Å². The minimum Gasteiger partial charge on any atom is -0.241 e. The highest BCUT2D eigenvalue weighted by atomic mass is 79.9. The van der Waals surface area contributed by atoms with E-state index in [0.29, 0.717) is 0 Å². The van der Waals surface area contributed by atoms with Crippen LogP contribution >= 0.6 is 47.8 Å². The van der Waals surface area contributed by atoms with Crippen LogP contribution in [0.25, 0.3) is 11.3 Å². The van der Waals surface area contributed by atoms with E-state index in [9.17, 15) is 4.39 Å². The van der Waals surface area contributed by atoms with Gasteiger partial charge in [0.15, 0.2) is 0 Å². The number of benzene rings is 1. The number of halogens is 4. The minimum atomic E-state index is -0.216. The van der Waals surface area contributed by atoms with Gasteiger partial charge in [0.2, 0.25) is 0 Å². The van der Waals surface area contributed by atoms with Crippen molar-refractivity contribution in [2.75, 3.05) is 0 Å². The highest BCUT2D eigenvalue weighted by Crippen LogP contribution is 2.23. The molecule has 0 radical (unpaired) electrons. The molecule has 2 nitrogen and oxygen atoms in total. The fourth-order valence-electron chi connectivity index (χ4n) is 1.86. The summed E-state index contributed by atoms with van der Waals surface area (Å²) in [5.74, 6) is -0.216. The van der Waals surface area contributed by atoms with Gasteiger partial charge >= 0.3 is 0 Å². The Morgan fingerprint density at radius 3 is 1.83 bits per heavy atom. The van der Waals surface area contributed by atoms with E-state index in [4.69, 9.17) is 0 Å². The monoisotopic (exact) mass is 500 g/mol. The van der Waals surface area contributed by atoms with E-state index in [0.717, 1.165) is 30.6 Å². The summed E-state index contributed by atoms with van der Waals surface area (Å²) >= 11 is 9.76. The minimum absolute atomic E-state index is 0.216. The van der Waals surface area contributed by atoms with E-state index in [-0.39, 0.29) is 5.82 Å². The predicted octanol–water partition coefficient (Wildman–Crippen LogP) is 6.57. The van der Waals surface area contributed by atoms with Gasteiger partial charge in [-0.15, -0.1) is 0 Å². The van der Waals surface area contributed by atoms with Gasteiger partial charge in [-0.1, -0.05) is 12.1 Å². The Labute approximate surface area is 159 Å². The molecule has 3 aromatic rings. The SMILES string of the molecule is Brc1cccc(Br)n1.Cc1cc(F)ccc1-c1cccc(Br)n1. The van der Waals surface area contributed by atoms with Gasteiger partial charge in [0.1, 0.15) is 19.6 Å². The maximum absolute atomic E-state index is 12.9. The second-order valence-corrected chi connectivity index (χ2v) is 7.03. The lowest BCUT2D eigenvalue weighted by molar-refractivity contribution is 0.627. The van der Waals surface area contributed by atoms with E-state index >= 15 is 0 Å². The molecule has 2 aromatic heterocycles. The van der Waals surface area contributed by atoms with Crippen LogP contribution in [0.5, 0.6) is 0 Å². The largest absolute Gasteiger partial charge is 0.241 e. The molecule has 0 saturated heterocycles. The molecule has 0 aliphatic rings. The molecule has 118 valence electrons. The molecule has 0 aliphatic heterocycles. The summed E-state index contributed by atoms with van der Waals surface area (Å²) in [7, 11) is 0. The topological polar surface area (TPSA) is 25.8 Å². The molecule has 0 aliphatic carbocycles. The fourth-order valence-corrected chi connectivity index (χ4v) is 3.13. The average molecular weight is 503 g/mol. The first kappa shape index (κ1) is 18.2. The van der Waals surface area contributed by atoms with Gasteiger partial charge in [0.05, 0.1) is 5.69 Å². The summed E-state index contributed by atoms with van der Waals surface area (Å²) in [6.07, 6.45) is 0. The molecule has 1 aromatic carbocycles. The van der Waals surface area contributed by atoms with Crippen molar-refractivity contribution in [2.45, 2.75) is 6.92 Å². The number of hydrogen-bond acceptors (Lipinski definition) is 2. The molecule has 0 unspecified atom stereocenters. The van der Waals surface area contributed by atoms with Crippen LogP contribution in [0.2, 0.25) is 0 Å². The summed E-state index contributed by atoms with van der Waals surface area (Å²) in [5.41, 5.74) is 2.69. The Hall–Kier alpha value is -1.11. The first-order valence-electron chi connectivity index (χ1n) is 6.63. The van der Waals surface area contributed by atoms with Crippen LogP contribution in [0.3, 0.4) is 0 Å². The lowest BCUT2D eigenvalue weighted by Crippen LogP contribution is -1.88. The van der Waals surface area contributed by atoms with Crippen molar-refractivity contribution in [3.8, 4) is 11.3 Å². The molecule has 0 saturated carbocycles. The first-order valence-corrected chi connectivity index (χ1v) is 9.01. The molecular weight excluding hydrogens is 491 g/mol. The number of aromatic nitrogens is 2. The van der Waals surface area contributed by atoms with Gasteiger partial charge in [0, 0.05) is 5.56 Å². The van der Waals surface area contributed by atoms with E-state index in [2.05, 4.69) is 57.8 Å². The summed E-state index contributed by atoms with van der Waals surface area (Å²) in [6.45, 7) is 1.88. The summed E-state index contributed by atoms with van der Waals surface area (Å²) < 4.78 is 15.4. The normalized spacial score (nSPS) is 9.96. The molecule has 6 heteroatoms. The summed E-state index contributed by atoms with van der Waals surface area (Å²) in [6, 6.07) is 16.1. The molecule has 0 amide bonds. The molecule has 0 fully saturated rings. The average Bonchev–Trinajstić information content (AvgIpc) is 2.47. The van der Waals surface area contributed by atoms with Crippen molar-refractivity contribution in [3.05, 3.63) is 79.8 Å². The highest BCUT2D eigenvalue weighted by molar-refractivity contribution is 9.11. The predicted molar refractivity (Wildman–Crippen MR) is 102 cm³/mol. The number of aryl methyl sites for hydroxylation is 1. The quantitative estimate of drug-likeness (QED) is 0.352. The lowest BCUT2D eigenvalue weighted by atomic mass is 10.1. The van der Waals surface area contributed by atoms with Crippen LogP contribution in [0, 0.1) is 12.7 Å². The van der Waals surface area contributed by atoms with E-state index in [1.807, 2.05) is 43.3 Å². The van der Waals surface area contributed by atoms with E-state index in [1.165, 1.54) is 12.1 Å². The Balaban J connectivity index is 0.000000203. The molecule has 0 atom stereocenters. The molecule has 0 spiro atoms. The van der Waals surface area contributed by atoms with Crippen molar-refractivity contribution in [3.63, 3.8) is 0 Å². The smallest absolute Gasteiger partial charge is 0.123 e. The molecule has 2 heterocycles. The molecule has 0 bridgehead atoms. The highest BCUT2D eigenvalue weighted by Gasteiger charge is 2.04. The maximum Gasteiger partial charge on any atom is 0.123 e. The Morgan fingerprint density at radius 1 is 0.783 bits per heavy atom. The third kappa shape index (κ3) is 5.79. The van der Waals surface area contributed by atoms with Crippen molar-refractivity contribution in [1.82, 2.24) is 9.97 Å². The van der Waals surface area contributed by atoms with Gasteiger partial charge in [-0.3, -0.25) is 0 Å². The van der Waals surface area contributed by atoms with Crippen molar-refractivity contribution in [1.29, 1.82) is 0 Å². The van der Waals surface area contributed by atoms with Gasteiger partial charge < -0.3 is 0 Å². The Kier molecular flexibility index (Phi) is 6.87. The zero-order valence-electron chi connectivity index (χ0n) is 12.1. The van der Waals surface area contributed by atoms with Gasteiger partial charge in [-0.25, -0.2) is 14.4 Å². The standard InChI is InChI=1S/C12H9BrFN.C5H3Br2N/c1-8-7-9(14)5-6-10(8)11-3-2-4-12(13)15-11;6-4-2-1-3-5(7)8-4/h2-7H,1H3;1-3H. The number of hydrogen-bond donors (Lipinski definition) is 0. The molecule has 3 rings (SSSR count). The molecular formula is C17H12Br3FN2. The number of nitrogens with zero attached hydrogens (tertiary/aromatic N) is 2. The summed E-state index contributed by atoms with van der Waals surface area (Å²) in [4.78, 5) is 8.34. The summed E-state index contributed by atoms with van der Waals surface area (Å²) in [5, 5.41) is 0. The number of pyridine rings is 2. The lowest BCUT2D eigenvalue weighted by Gasteiger charge is -2.05. The van der Waals surface area contributed by atoms with Crippen molar-refractivity contribution < 1.29 is 4.39 Å². The maximum atomic E-state index is 12.9. The molecule has 0 N–H and O–H groups in total. The molecule has 23 heavy (non-hydrogen) atoms. The zero-order chi connectivity index (χ0) is 16.8. The first-order chi connectivity index (χ1) is 11.0. The van der Waals surface area contributed by atoms with Crippen LogP contribution in [0.15, 0.2) is 68.4 Å². The Bertz CT molecular complexity index is 792. The second kappa shape index (κ2) is 8.66. The van der Waals surface area contributed by atoms with Crippen molar-refractivity contribution >= 4 is 47.8 Å². The third-order valence-corrected chi connectivity index (χ3v) is 4.19. The van der Waals surface area contributed by atoms with Gasteiger partial charge in [0.25, 0.3) is 0 Å². The van der Waals surface area contributed by atoms with Crippen molar-refractivity contribution in [2.24, 2.45) is 0 Å². The number of rotatable bonds is 1. The third-order valence-electron chi connectivity index (χ3n) is 2.86. The van der Waals surface area contributed by atoms with Crippen LogP contribution in [0.4, 0.5) is 4.39 Å². The van der Waals surface area contributed by atoms with Crippen LogP contribution in [0.1, 0.15) is 5.56 Å². The van der Waals surface area contributed by atoms with Gasteiger partial charge in [-0.05, 0) is 103 Å². The van der Waals surface area contributed by atoms with Crippen LogP contribution in [-0.2, 0) is 0 Å². The zero-order valence-corrected chi connectivity index (χ0v) is 16.9. The van der Waals surface area contributed by atoms with E-state index in [1.54, 1.807) is 6.07 Å². The Morgan fingerprint density at radius 2 is 1.35 bits per heavy atom.